The van der Waals surface area contributed by atoms with Gasteiger partial charge in [0.05, 0.1) is 5.69 Å². The Morgan fingerprint density at radius 2 is 1.96 bits per heavy atom. The molecule has 23 heavy (non-hydrogen) atoms. The van der Waals surface area contributed by atoms with Crippen LogP contribution in [-0.4, -0.2) is 33.6 Å². The topological polar surface area (TPSA) is 62.5 Å². The van der Waals surface area contributed by atoms with Crippen molar-refractivity contribution in [2.75, 3.05) is 23.3 Å². The number of nitrogens with one attached hydrogen (secondary N) is 1. The van der Waals surface area contributed by atoms with E-state index in [-0.39, 0.29) is 5.91 Å². The lowest BCUT2D eigenvalue weighted by Crippen LogP contribution is -2.18. The third-order valence-corrected chi connectivity index (χ3v) is 4.81. The monoisotopic (exact) mass is 327 g/mol. The van der Waals surface area contributed by atoms with Crippen molar-refractivity contribution in [3.05, 3.63) is 41.2 Å². The van der Waals surface area contributed by atoms with Crippen LogP contribution in [0.2, 0.25) is 0 Å². The van der Waals surface area contributed by atoms with Crippen LogP contribution in [-0.2, 0) is 0 Å². The molecule has 2 aromatic heterocycles. The zero-order valence-electron chi connectivity index (χ0n) is 12.8. The second kappa shape index (κ2) is 5.66. The molecule has 0 spiro atoms. The van der Waals surface area contributed by atoms with Gasteiger partial charge in [0.1, 0.15) is 5.51 Å². The number of carbonyl (C=O) groups is 1. The number of rotatable bonds is 3. The predicted molar refractivity (Wildman–Crippen MR) is 91.4 cm³/mol. The fourth-order valence-corrected chi connectivity index (χ4v) is 3.64. The van der Waals surface area contributed by atoms with Gasteiger partial charge in [-0.25, -0.2) is 4.98 Å². The number of benzene rings is 1. The first kappa shape index (κ1) is 14.2. The molecule has 1 aromatic carbocycles. The quantitative estimate of drug-likeness (QED) is 0.803. The highest BCUT2D eigenvalue weighted by molar-refractivity contribution is 7.14. The van der Waals surface area contributed by atoms with Crippen LogP contribution < -0.4 is 10.2 Å². The van der Waals surface area contributed by atoms with Crippen LogP contribution in [0, 0.1) is 6.92 Å². The van der Waals surface area contributed by atoms with Crippen LogP contribution >= 0.6 is 11.3 Å². The van der Waals surface area contributed by atoms with Gasteiger partial charge in [0.2, 0.25) is 4.96 Å². The summed E-state index contributed by atoms with van der Waals surface area (Å²) in [7, 11) is 0. The van der Waals surface area contributed by atoms with E-state index in [1.807, 2.05) is 19.1 Å². The molecule has 1 aliphatic rings. The smallest absolute Gasteiger partial charge is 0.276 e. The fourth-order valence-electron chi connectivity index (χ4n) is 2.98. The number of hydrogen-bond donors (Lipinski definition) is 1. The average Bonchev–Trinajstić information content (AvgIpc) is 3.24. The summed E-state index contributed by atoms with van der Waals surface area (Å²) in [6, 6.07) is 8.01. The highest BCUT2D eigenvalue weighted by Crippen LogP contribution is 2.23. The minimum atomic E-state index is -0.185. The van der Waals surface area contributed by atoms with Crippen LogP contribution in [0.4, 0.5) is 11.4 Å². The second-order valence-corrected chi connectivity index (χ2v) is 6.49. The second-order valence-electron chi connectivity index (χ2n) is 5.67. The molecule has 0 saturated carbocycles. The minimum absolute atomic E-state index is 0.185. The van der Waals surface area contributed by atoms with E-state index in [1.54, 1.807) is 10.0 Å². The molecule has 1 fully saturated rings. The third kappa shape index (κ3) is 2.57. The van der Waals surface area contributed by atoms with E-state index >= 15 is 0 Å². The lowest BCUT2D eigenvalue weighted by molar-refractivity contribution is 0.102. The third-order valence-electron chi connectivity index (χ3n) is 4.13. The fraction of sp³-hybridized carbons (Fsp3) is 0.312. The van der Waals surface area contributed by atoms with Gasteiger partial charge in [-0.05, 0) is 44.0 Å². The van der Waals surface area contributed by atoms with E-state index < -0.39 is 0 Å². The molecule has 1 aliphatic heterocycles. The Kier molecular flexibility index (Phi) is 3.49. The normalized spacial score (nSPS) is 14.6. The molecule has 3 heterocycles. The Morgan fingerprint density at radius 3 is 2.70 bits per heavy atom. The summed E-state index contributed by atoms with van der Waals surface area (Å²) < 4.78 is 1.59. The largest absolute Gasteiger partial charge is 0.372 e. The van der Waals surface area contributed by atoms with Crippen LogP contribution in [0.25, 0.3) is 4.96 Å². The molecular weight excluding hydrogens is 310 g/mol. The number of amides is 1. The van der Waals surface area contributed by atoms with E-state index in [0.29, 0.717) is 11.4 Å². The van der Waals surface area contributed by atoms with Crippen molar-refractivity contribution >= 4 is 33.6 Å². The highest BCUT2D eigenvalue weighted by atomic mass is 32.1. The first-order valence-corrected chi connectivity index (χ1v) is 8.55. The van der Waals surface area contributed by atoms with Gasteiger partial charge in [-0.3, -0.25) is 4.79 Å². The number of carbonyl (C=O) groups excluding carboxylic acids is 1. The maximum Gasteiger partial charge on any atom is 0.276 e. The molecule has 7 heteroatoms. The standard InChI is InChI=1S/C16H17N5OS/c1-11-14(21-16(18-11)23-10-17-21)15(22)19-12-4-6-13(7-5-12)20-8-2-3-9-20/h4-7,10H,2-3,8-9H2,1H3,(H,19,22). The van der Waals surface area contributed by atoms with E-state index in [0.717, 1.165) is 23.7 Å². The van der Waals surface area contributed by atoms with Crippen LogP contribution in [0.3, 0.4) is 0 Å². The number of aromatic nitrogens is 3. The van der Waals surface area contributed by atoms with Gasteiger partial charge in [0, 0.05) is 24.5 Å². The molecular formula is C16H17N5OS. The zero-order valence-corrected chi connectivity index (χ0v) is 13.6. The molecule has 0 unspecified atom stereocenters. The first-order valence-electron chi connectivity index (χ1n) is 7.67. The Labute approximate surface area is 137 Å². The summed E-state index contributed by atoms with van der Waals surface area (Å²) in [5, 5.41) is 7.11. The summed E-state index contributed by atoms with van der Waals surface area (Å²) in [6.07, 6.45) is 2.51. The maximum atomic E-state index is 12.5. The number of nitrogens with zero attached hydrogens (tertiary/aromatic N) is 4. The molecule has 0 bridgehead atoms. The molecule has 0 radical (unpaired) electrons. The minimum Gasteiger partial charge on any atom is -0.372 e. The molecule has 4 rings (SSSR count). The van der Waals surface area contributed by atoms with Crippen molar-refractivity contribution in [1.29, 1.82) is 0 Å². The number of fused-ring (bicyclic) bond motifs is 1. The Morgan fingerprint density at radius 1 is 1.22 bits per heavy atom. The van der Waals surface area contributed by atoms with Gasteiger partial charge in [-0.1, -0.05) is 11.3 Å². The van der Waals surface area contributed by atoms with Gasteiger partial charge >= 0.3 is 0 Å². The van der Waals surface area contributed by atoms with Crippen molar-refractivity contribution in [3.63, 3.8) is 0 Å². The zero-order chi connectivity index (χ0) is 15.8. The van der Waals surface area contributed by atoms with Gasteiger partial charge in [0.25, 0.3) is 5.91 Å². The maximum absolute atomic E-state index is 12.5. The molecule has 1 saturated heterocycles. The Bertz CT molecular complexity index is 845. The SMILES string of the molecule is Cc1nc2scnn2c1C(=O)Nc1ccc(N2CCCC2)cc1. The van der Waals surface area contributed by atoms with E-state index in [9.17, 15) is 4.79 Å². The van der Waals surface area contributed by atoms with E-state index in [4.69, 9.17) is 0 Å². The summed E-state index contributed by atoms with van der Waals surface area (Å²) >= 11 is 1.42. The van der Waals surface area contributed by atoms with Gasteiger partial charge in [0.15, 0.2) is 5.69 Å². The van der Waals surface area contributed by atoms with Crippen LogP contribution in [0.1, 0.15) is 29.0 Å². The van der Waals surface area contributed by atoms with Crippen molar-refractivity contribution in [2.45, 2.75) is 19.8 Å². The van der Waals surface area contributed by atoms with Gasteiger partial charge < -0.3 is 10.2 Å². The number of imidazole rings is 1. The summed E-state index contributed by atoms with van der Waals surface area (Å²) in [4.78, 5) is 20.0. The van der Waals surface area contributed by atoms with Crippen LogP contribution in [0.15, 0.2) is 29.8 Å². The summed E-state index contributed by atoms with van der Waals surface area (Å²) in [5.74, 6) is -0.185. The molecule has 1 N–H and O–H groups in total. The van der Waals surface area contributed by atoms with Crippen molar-refractivity contribution in [3.8, 4) is 0 Å². The molecule has 1 amide bonds. The molecule has 0 aliphatic carbocycles. The summed E-state index contributed by atoms with van der Waals surface area (Å²) in [5.41, 5.74) is 4.86. The number of aryl methyl sites for hydroxylation is 1. The van der Waals surface area contributed by atoms with Crippen LogP contribution in [0.5, 0.6) is 0 Å². The van der Waals surface area contributed by atoms with Crippen molar-refractivity contribution in [1.82, 2.24) is 14.6 Å². The van der Waals surface area contributed by atoms with Crippen molar-refractivity contribution in [2.24, 2.45) is 0 Å². The molecule has 118 valence electrons. The number of anilines is 2. The Hall–Kier alpha value is -2.41. The van der Waals surface area contributed by atoms with Gasteiger partial charge in [-0.15, -0.1) is 0 Å². The molecule has 0 atom stereocenters. The van der Waals surface area contributed by atoms with Gasteiger partial charge in [-0.2, -0.15) is 9.61 Å². The van der Waals surface area contributed by atoms with E-state index in [1.165, 1.54) is 29.9 Å². The first-order chi connectivity index (χ1) is 11.2. The van der Waals surface area contributed by atoms with E-state index in [2.05, 4.69) is 32.4 Å². The molecule has 6 nitrogen and oxygen atoms in total. The van der Waals surface area contributed by atoms with Crippen molar-refractivity contribution < 1.29 is 4.79 Å². The lowest BCUT2D eigenvalue weighted by Gasteiger charge is -2.17. The summed E-state index contributed by atoms with van der Waals surface area (Å²) in [6.45, 7) is 4.05. The Balaban J connectivity index is 1.54. The predicted octanol–water partition coefficient (Wildman–Crippen LogP) is 2.95. The lowest BCUT2D eigenvalue weighted by atomic mass is 10.2. The number of hydrogen-bond acceptors (Lipinski definition) is 5. The molecule has 3 aromatic rings. The highest BCUT2D eigenvalue weighted by Gasteiger charge is 2.19. The average molecular weight is 327 g/mol.